The van der Waals surface area contributed by atoms with E-state index in [2.05, 4.69) is 9.71 Å². The molecule has 1 heterocycles. The van der Waals surface area contributed by atoms with Gasteiger partial charge in [0, 0.05) is 18.4 Å². The third-order valence-corrected chi connectivity index (χ3v) is 4.38. The summed E-state index contributed by atoms with van der Waals surface area (Å²) in [6.45, 7) is 1.88. The van der Waals surface area contributed by atoms with E-state index in [4.69, 9.17) is 5.73 Å². The summed E-state index contributed by atoms with van der Waals surface area (Å²) in [5.41, 5.74) is 5.84. The molecule has 1 aliphatic rings. The second-order valence-electron chi connectivity index (χ2n) is 4.16. The number of pyridine rings is 1. The fourth-order valence-corrected chi connectivity index (χ4v) is 3.00. The minimum atomic E-state index is -3.53. The number of hydrogen-bond acceptors (Lipinski definition) is 4. The Balaban J connectivity index is 2.21. The van der Waals surface area contributed by atoms with Crippen LogP contribution in [0.15, 0.2) is 23.4 Å². The van der Waals surface area contributed by atoms with Gasteiger partial charge in [0.05, 0.1) is 5.69 Å². The lowest BCUT2D eigenvalue weighted by molar-refractivity contribution is 0.538. The second kappa shape index (κ2) is 4.03. The molecule has 0 amide bonds. The summed E-state index contributed by atoms with van der Waals surface area (Å²) in [6.07, 6.45) is 4.92. The van der Waals surface area contributed by atoms with Crippen molar-refractivity contribution in [3.63, 3.8) is 0 Å². The molecule has 1 saturated carbocycles. The van der Waals surface area contributed by atoms with Gasteiger partial charge in [0.25, 0.3) is 0 Å². The van der Waals surface area contributed by atoms with E-state index in [0.29, 0.717) is 5.92 Å². The minimum absolute atomic E-state index is 0.0374. The Morgan fingerprint density at radius 2 is 2.25 bits per heavy atom. The number of nitrogens with zero attached hydrogens (tertiary/aromatic N) is 1. The molecule has 1 aliphatic carbocycles. The molecule has 0 radical (unpaired) electrons. The van der Waals surface area contributed by atoms with Crippen molar-refractivity contribution in [1.29, 1.82) is 0 Å². The van der Waals surface area contributed by atoms with Gasteiger partial charge >= 0.3 is 0 Å². The van der Waals surface area contributed by atoms with Gasteiger partial charge in [-0.1, -0.05) is 0 Å². The van der Waals surface area contributed by atoms with Crippen LogP contribution in [0, 0.1) is 5.92 Å². The Hall–Kier alpha value is -1.14. The van der Waals surface area contributed by atoms with Crippen molar-refractivity contribution in [2.75, 3.05) is 5.73 Å². The largest absolute Gasteiger partial charge is 0.398 e. The van der Waals surface area contributed by atoms with Gasteiger partial charge in [0.15, 0.2) is 0 Å². The predicted molar refractivity (Wildman–Crippen MR) is 61.2 cm³/mol. The quantitative estimate of drug-likeness (QED) is 0.814. The third kappa shape index (κ3) is 2.33. The van der Waals surface area contributed by atoms with E-state index in [1.165, 1.54) is 18.5 Å². The molecular formula is C10H15N3O2S. The topological polar surface area (TPSA) is 85.1 Å². The molecule has 0 bridgehead atoms. The Bertz CT molecular complexity index is 483. The molecule has 1 aromatic heterocycles. The van der Waals surface area contributed by atoms with Crippen LogP contribution < -0.4 is 10.5 Å². The summed E-state index contributed by atoms with van der Waals surface area (Å²) < 4.78 is 26.6. The molecule has 0 aliphatic heterocycles. The van der Waals surface area contributed by atoms with Gasteiger partial charge in [-0.3, -0.25) is 4.98 Å². The van der Waals surface area contributed by atoms with Crippen LogP contribution in [0.3, 0.4) is 0 Å². The average Bonchev–Trinajstić information content (AvgIpc) is 3.00. The van der Waals surface area contributed by atoms with E-state index < -0.39 is 10.0 Å². The fraction of sp³-hybridized carbons (Fsp3) is 0.500. The normalized spacial score (nSPS) is 18.3. The number of hydrogen-bond donors (Lipinski definition) is 2. The number of nitrogens with two attached hydrogens (primary N) is 1. The smallest absolute Gasteiger partial charge is 0.244 e. The van der Waals surface area contributed by atoms with E-state index in [1.54, 1.807) is 0 Å². The highest BCUT2D eigenvalue weighted by atomic mass is 32.2. The standard InChI is InChI=1S/C10H15N3O2S/c1-7(8-2-3-8)13-16(14,15)10-6-12-5-4-9(10)11/h4-8,13H,2-3H2,1H3,(H2,11,12). The first-order chi connectivity index (χ1) is 7.50. The first-order valence-corrected chi connectivity index (χ1v) is 6.71. The Morgan fingerprint density at radius 1 is 1.56 bits per heavy atom. The van der Waals surface area contributed by atoms with Gasteiger partial charge in [0.2, 0.25) is 10.0 Å². The first-order valence-electron chi connectivity index (χ1n) is 5.22. The average molecular weight is 241 g/mol. The zero-order valence-corrected chi connectivity index (χ0v) is 9.87. The molecule has 16 heavy (non-hydrogen) atoms. The molecule has 1 unspecified atom stereocenters. The number of aromatic nitrogens is 1. The Morgan fingerprint density at radius 3 is 2.81 bits per heavy atom. The van der Waals surface area contributed by atoms with Gasteiger partial charge in [-0.25, -0.2) is 13.1 Å². The zero-order chi connectivity index (χ0) is 11.8. The van der Waals surface area contributed by atoms with Crippen LogP contribution in [-0.2, 0) is 10.0 Å². The van der Waals surface area contributed by atoms with Crippen molar-refractivity contribution in [2.24, 2.45) is 5.92 Å². The molecule has 88 valence electrons. The lowest BCUT2D eigenvalue weighted by Gasteiger charge is -2.13. The van der Waals surface area contributed by atoms with E-state index in [-0.39, 0.29) is 16.6 Å². The molecule has 1 fully saturated rings. The van der Waals surface area contributed by atoms with Crippen LogP contribution in [0.1, 0.15) is 19.8 Å². The van der Waals surface area contributed by atoms with E-state index in [0.717, 1.165) is 12.8 Å². The number of nitrogens with one attached hydrogen (secondary N) is 1. The number of sulfonamides is 1. The van der Waals surface area contributed by atoms with Gasteiger partial charge in [-0.05, 0) is 31.7 Å². The molecule has 2 rings (SSSR count). The van der Waals surface area contributed by atoms with E-state index in [1.807, 2.05) is 6.92 Å². The minimum Gasteiger partial charge on any atom is -0.398 e. The van der Waals surface area contributed by atoms with Crippen molar-refractivity contribution in [3.05, 3.63) is 18.5 Å². The SMILES string of the molecule is CC(NS(=O)(=O)c1cnccc1N)C1CC1. The Labute approximate surface area is 95.1 Å². The summed E-state index contributed by atoms with van der Waals surface area (Å²) in [4.78, 5) is 3.84. The second-order valence-corrected chi connectivity index (χ2v) is 5.84. The van der Waals surface area contributed by atoms with Crippen LogP contribution in [0.2, 0.25) is 0 Å². The molecule has 0 spiro atoms. The van der Waals surface area contributed by atoms with Crippen molar-refractivity contribution < 1.29 is 8.42 Å². The lowest BCUT2D eigenvalue weighted by atomic mass is 10.2. The van der Waals surface area contributed by atoms with Gasteiger partial charge in [0.1, 0.15) is 4.90 Å². The number of anilines is 1. The van der Waals surface area contributed by atoms with E-state index in [9.17, 15) is 8.42 Å². The third-order valence-electron chi connectivity index (χ3n) is 2.78. The highest BCUT2D eigenvalue weighted by Gasteiger charge is 2.31. The maximum Gasteiger partial charge on any atom is 0.244 e. The summed E-state index contributed by atoms with van der Waals surface area (Å²) >= 11 is 0. The fourth-order valence-electron chi connectivity index (χ4n) is 1.62. The van der Waals surface area contributed by atoms with Crippen LogP contribution in [-0.4, -0.2) is 19.4 Å². The van der Waals surface area contributed by atoms with E-state index >= 15 is 0 Å². The summed E-state index contributed by atoms with van der Waals surface area (Å²) in [5, 5.41) is 0. The number of nitrogen functional groups attached to an aromatic ring is 1. The highest BCUT2D eigenvalue weighted by Crippen LogP contribution is 2.33. The Kier molecular flexibility index (Phi) is 2.86. The monoisotopic (exact) mass is 241 g/mol. The maximum atomic E-state index is 12.0. The molecule has 1 aromatic rings. The first kappa shape index (κ1) is 11.3. The summed E-state index contributed by atoms with van der Waals surface area (Å²) in [5.74, 6) is 0.465. The van der Waals surface area contributed by atoms with Crippen molar-refractivity contribution in [2.45, 2.75) is 30.7 Å². The summed E-state index contributed by atoms with van der Waals surface area (Å²) in [7, 11) is -3.53. The molecular weight excluding hydrogens is 226 g/mol. The molecule has 3 N–H and O–H groups in total. The van der Waals surface area contributed by atoms with Crippen LogP contribution in [0.25, 0.3) is 0 Å². The van der Waals surface area contributed by atoms with Crippen molar-refractivity contribution >= 4 is 15.7 Å². The highest BCUT2D eigenvalue weighted by molar-refractivity contribution is 7.89. The predicted octanol–water partition coefficient (Wildman–Crippen LogP) is 0.741. The lowest BCUT2D eigenvalue weighted by Crippen LogP contribution is -2.34. The van der Waals surface area contributed by atoms with Gasteiger partial charge in [-0.15, -0.1) is 0 Å². The molecule has 6 heteroatoms. The molecule has 5 nitrogen and oxygen atoms in total. The van der Waals surface area contributed by atoms with Crippen LogP contribution in [0.4, 0.5) is 5.69 Å². The molecule has 0 saturated heterocycles. The maximum absolute atomic E-state index is 12.0. The van der Waals surface area contributed by atoms with Crippen LogP contribution >= 0.6 is 0 Å². The van der Waals surface area contributed by atoms with Crippen molar-refractivity contribution in [3.8, 4) is 0 Å². The van der Waals surface area contributed by atoms with Crippen molar-refractivity contribution in [1.82, 2.24) is 9.71 Å². The summed E-state index contributed by atoms with van der Waals surface area (Å²) in [6, 6.07) is 1.45. The molecule has 1 atom stereocenters. The molecule has 0 aromatic carbocycles. The number of rotatable bonds is 4. The van der Waals surface area contributed by atoms with Gasteiger partial charge < -0.3 is 5.73 Å². The van der Waals surface area contributed by atoms with Crippen LogP contribution in [0.5, 0.6) is 0 Å². The van der Waals surface area contributed by atoms with Gasteiger partial charge in [-0.2, -0.15) is 0 Å². The zero-order valence-electron chi connectivity index (χ0n) is 9.05.